The van der Waals surface area contributed by atoms with Crippen molar-refractivity contribution in [2.45, 2.75) is 39.8 Å². The third-order valence-corrected chi connectivity index (χ3v) is 6.47. The molecular weight excluding hydrogens is 398 g/mol. The quantitative estimate of drug-likeness (QED) is 0.400. The molecule has 1 atom stereocenters. The summed E-state index contributed by atoms with van der Waals surface area (Å²) in [6.45, 7) is 9.85. The van der Waals surface area contributed by atoms with Crippen molar-refractivity contribution in [1.82, 2.24) is 20.5 Å². The minimum atomic E-state index is -0.309. The highest BCUT2D eigenvalue weighted by atomic mass is 32.1. The van der Waals surface area contributed by atoms with Crippen molar-refractivity contribution >= 4 is 23.3 Å². The number of esters is 1. The number of carbonyl (C=O) groups excluding carboxylic acids is 1. The molecule has 8 heteroatoms. The molecule has 0 radical (unpaired) electrons. The molecule has 7 nitrogen and oxygen atoms in total. The monoisotopic (exact) mass is 429 g/mol. The molecule has 0 saturated heterocycles. The number of carbonyl (C=O) groups is 1. The molecule has 162 valence electrons. The molecular formula is C22H31N5O2S. The lowest BCUT2D eigenvalue weighted by molar-refractivity contribution is 0.0531. The molecule has 30 heavy (non-hydrogen) atoms. The van der Waals surface area contributed by atoms with Crippen molar-refractivity contribution in [3.05, 3.63) is 51.0 Å². The van der Waals surface area contributed by atoms with E-state index in [4.69, 9.17) is 4.74 Å². The van der Waals surface area contributed by atoms with Crippen LogP contribution in [0, 0.1) is 6.92 Å². The summed E-state index contributed by atoms with van der Waals surface area (Å²) in [5.41, 5.74) is 3.60. The average molecular weight is 430 g/mol. The highest BCUT2D eigenvalue weighted by molar-refractivity contribution is 7.13. The predicted octanol–water partition coefficient (Wildman–Crippen LogP) is 2.91. The van der Waals surface area contributed by atoms with Crippen LogP contribution in [-0.4, -0.2) is 55.1 Å². The van der Waals surface area contributed by atoms with Crippen molar-refractivity contribution in [2.24, 2.45) is 4.99 Å². The van der Waals surface area contributed by atoms with E-state index in [0.717, 1.165) is 43.6 Å². The van der Waals surface area contributed by atoms with Crippen LogP contribution in [-0.2, 0) is 17.7 Å². The van der Waals surface area contributed by atoms with E-state index in [-0.39, 0.29) is 12.0 Å². The third-order valence-electron chi connectivity index (χ3n) is 5.15. The van der Waals surface area contributed by atoms with Gasteiger partial charge in [0, 0.05) is 33.2 Å². The van der Waals surface area contributed by atoms with E-state index in [1.54, 1.807) is 14.0 Å². The van der Waals surface area contributed by atoms with Crippen LogP contribution >= 0.6 is 11.3 Å². The lowest BCUT2D eigenvalue weighted by Gasteiger charge is -2.29. The van der Waals surface area contributed by atoms with Gasteiger partial charge in [-0.15, -0.1) is 11.3 Å². The first kappa shape index (κ1) is 22.2. The SMILES string of the molecule is CCOC(=O)c1sc(C(C)NC(=NC)NCCN2CCc3ccccc3C2)nc1C. The Balaban J connectivity index is 1.49. The fourth-order valence-electron chi connectivity index (χ4n) is 3.53. The largest absolute Gasteiger partial charge is 0.462 e. The Morgan fingerprint density at radius 2 is 2.13 bits per heavy atom. The molecule has 0 amide bonds. The Bertz CT molecular complexity index is 895. The Morgan fingerprint density at radius 3 is 2.87 bits per heavy atom. The van der Waals surface area contributed by atoms with Crippen LogP contribution in [0.25, 0.3) is 0 Å². The van der Waals surface area contributed by atoms with E-state index in [1.807, 2.05) is 13.8 Å². The normalized spacial score (nSPS) is 15.4. The van der Waals surface area contributed by atoms with E-state index >= 15 is 0 Å². The van der Waals surface area contributed by atoms with Gasteiger partial charge in [0.25, 0.3) is 0 Å². The summed E-state index contributed by atoms with van der Waals surface area (Å²) in [5.74, 6) is 0.419. The minimum absolute atomic E-state index is 0.0649. The van der Waals surface area contributed by atoms with Crippen molar-refractivity contribution in [3.63, 3.8) is 0 Å². The van der Waals surface area contributed by atoms with Crippen LogP contribution in [0.4, 0.5) is 0 Å². The molecule has 3 rings (SSSR count). The van der Waals surface area contributed by atoms with Crippen LogP contribution in [0.15, 0.2) is 29.3 Å². The fourth-order valence-corrected chi connectivity index (χ4v) is 4.49. The van der Waals surface area contributed by atoms with Crippen molar-refractivity contribution in [2.75, 3.05) is 33.3 Å². The number of thiazole rings is 1. The molecule has 0 bridgehead atoms. The van der Waals surface area contributed by atoms with Gasteiger partial charge in [-0.05, 0) is 38.3 Å². The number of nitrogens with zero attached hydrogens (tertiary/aromatic N) is 3. The number of aliphatic imine (C=N–C) groups is 1. The number of guanidine groups is 1. The van der Waals surface area contributed by atoms with Gasteiger partial charge < -0.3 is 15.4 Å². The second kappa shape index (κ2) is 10.5. The zero-order valence-corrected chi connectivity index (χ0v) is 19.0. The second-order valence-electron chi connectivity index (χ2n) is 7.35. The molecule has 0 spiro atoms. The number of nitrogens with one attached hydrogen (secondary N) is 2. The molecule has 2 aromatic rings. The number of benzene rings is 1. The summed E-state index contributed by atoms with van der Waals surface area (Å²) in [5, 5.41) is 7.59. The number of aryl methyl sites for hydroxylation is 1. The first-order valence-corrected chi connectivity index (χ1v) is 11.2. The number of hydrogen-bond acceptors (Lipinski definition) is 6. The van der Waals surface area contributed by atoms with Gasteiger partial charge in [-0.25, -0.2) is 9.78 Å². The second-order valence-corrected chi connectivity index (χ2v) is 8.38. The van der Waals surface area contributed by atoms with Crippen molar-refractivity contribution < 1.29 is 9.53 Å². The molecule has 1 aliphatic heterocycles. The number of fused-ring (bicyclic) bond motifs is 1. The molecule has 1 aromatic heterocycles. The van der Waals surface area contributed by atoms with E-state index in [1.165, 1.54) is 22.5 Å². The first-order chi connectivity index (χ1) is 14.5. The van der Waals surface area contributed by atoms with Crippen LogP contribution in [0.2, 0.25) is 0 Å². The van der Waals surface area contributed by atoms with Gasteiger partial charge in [-0.1, -0.05) is 24.3 Å². The minimum Gasteiger partial charge on any atom is -0.462 e. The first-order valence-electron chi connectivity index (χ1n) is 10.4. The Labute approximate surface area is 182 Å². The zero-order chi connectivity index (χ0) is 21.5. The van der Waals surface area contributed by atoms with E-state index in [0.29, 0.717) is 17.2 Å². The average Bonchev–Trinajstić information content (AvgIpc) is 3.15. The summed E-state index contributed by atoms with van der Waals surface area (Å²) in [6, 6.07) is 8.61. The van der Waals surface area contributed by atoms with Gasteiger partial charge in [0.05, 0.1) is 18.3 Å². The molecule has 0 saturated carbocycles. The molecule has 2 heterocycles. The van der Waals surface area contributed by atoms with Crippen LogP contribution < -0.4 is 10.6 Å². The molecule has 0 fully saturated rings. The maximum Gasteiger partial charge on any atom is 0.350 e. The number of rotatable bonds is 7. The lowest BCUT2D eigenvalue weighted by Crippen LogP contribution is -2.43. The fraction of sp³-hybridized carbons (Fsp3) is 0.500. The Morgan fingerprint density at radius 1 is 1.37 bits per heavy atom. The maximum atomic E-state index is 12.0. The summed E-state index contributed by atoms with van der Waals surface area (Å²) < 4.78 is 5.11. The maximum absolute atomic E-state index is 12.0. The van der Waals surface area contributed by atoms with Gasteiger partial charge in [0.1, 0.15) is 9.88 Å². The smallest absolute Gasteiger partial charge is 0.350 e. The zero-order valence-electron chi connectivity index (χ0n) is 18.2. The van der Waals surface area contributed by atoms with Gasteiger partial charge in [0.15, 0.2) is 5.96 Å². The molecule has 1 aromatic carbocycles. The Kier molecular flexibility index (Phi) is 7.81. The van der Waals surface area contributed by atoms with Crippen molar-refractivity contribution in [3.8, 4) is 0 Å². The number of aromatic nitrogens is 1. The van der Waals surface area contributed by atoms with E-state index in [9.17, 15) is 4.79 Å². The van der Waals surface area contributed by atoms with Gasteiger partial charge in [0.2, 0.25) is 0 Å². The molecule has 1 aliphatic rings. The van der Waals surface area contributed by atoms with Gasteiger partial charge >= 0.3 is 5.97 Å². The molecule has 0 aliphatic carbocycles. The van der Waals surface area contributed by atoms with E-state index < -0.39 is 0 Å². The topological polar surface area (TPSA) is 78.8 Å². The lowest BCUT2D eigenvalue weighted by atomic mass is 10.00. The van der Waals surface area contributed by atoms with Crippen LogP contribution in [0.5, 0.6) is 0 Å². The summed E-state index contributed by atoms with van der Waals surface area (Å²) in [6.07, 6.45) is 1.10. The van der Waals surface area contributed by atoms with Crippen LogP contribution in [0.3, 0.4) is 0 Å². The highest BCUT2D eigenvalue weighted by Crippen LogP contribution is 2.24. The summed E-state index contributed by atoms with van der Waals surface area (Å²) in [7, 11) is 1.76. The molecule has 2 N–H and O–H groups in total. The predicted molar refractivity (Wildman–Crippen MR) is 121 cm³/mol. The number of hydrogen-bond donors (Lipinski definition) is 2. The summed E-state index contributed by atoms with van der Waals surface area (Å²) >= 11 is 1.37. The van der Waals surface area contributed by atoms with Gasteiger partial charge in [-0.3, -0.25) is 9.89 Å². The molecule has 1 unspecified atom stereocenters. The summed E-state index contributed by atoms with van der Waals surface area (Å²) in [4.78, 5) is 23.9. The number of ether oxygens (including phenoxy) is 1. The van der Waals surface area contributed by atoms with E-state index in [2.05, 4.69) is 49.8 Å². The van der Waals surface area contributed by atoms with Gasteiger partial charge in [-0.2, -0.15) is 0 Å². The standard InChI is InChI=1S/C22H31N5O2S/c1-5-29-21(28)19-15(2)25-20(30-19)16(3)26-22(23-4)24-11-13-27-12-10-17-8-6-7-9-18(17)14-27/h6-9,16H,5,10-14H2,1-4H3,(H2,23,24,26). The third kappa shape index (κ3) is 5.58. The van der Waals surface area contributed by atoms with Crippen LogP contribution in [0.1, 0.15) is 51.4 Å². The Hall–Kier alpha value is -2.45. The highest BCUT2D eigenvalue weighted by Gasteiger charge is 2.20. The van der Waals surface area contributed by atoms with Crippen molar-refractivity contribution in [1.29, 1.82) is 0 Å².